The molecule has 6 heterocycles. The number of H-pyrrole nitrogens is 1. The molecule has 0 radical (unpaired) electrons. The number of aromatic nitrogens is 4. The lowest BCUT2D eigenvalue weighted by Gasteiger charge is -2.39. The summed E-state index contributed by atoms with van der Waals surface area (Å²) in [5.74, 6) is -0.573. The van der Waals surface area contributed by atoms with Crippen molar-refractivity contribution in [3.63, 3.8) is 0 Å². The van der Waals surface area contributed by atoms with E-state index < -0.39 is 25.7 Å². The van der Waals surface area contributed by atoms with Crippen LogP contribution >= 0.6 is 11.6 Å². The third kappa shape index (κ3) is 10.2. The van der Waals surface area contributed by atoms with Gasteiger partial charge in [0.05, 0.1) is 26.6 Å². The first-order valence-electron chi connectivity index (χ1n) is 24.1. The molecule has 0 spiro atoms. The maximum Gasteiger partial charge on any atom is 0.293 e. The number of nitro benzene ring substituents is 1. The smallest absolute Gasteiger partial charge is 0.293 e. The first-order chi connectivity index (χ1) is 33.3. The van der Waals surface area contributed by atoms with Gasteiger partial charge in [-0.3, -0.25) is 29.6 Å². The Morgan fingerprint density at radius 2 is 1.72 bits per heavy atom. The SMILES string of the molecule is CC1(C)CCC(CN2CCN(c3ccc(C(=O)NS(=O)(=O)c4ccc(NCC5CCN(C6CCOCC6)CC5)c([N+](=O)[O-])c4)c(-n4[nH]cc5nc6nccc6cc54)c3)CC2)=C(c2ccc(Cl)cc2)C1. The average Bonchev–Trinajstić information content (AvgIpc) is 4.00. The summed E-state index contributed by atoms with van der Waals surface area (Å²) in [5.41, 5.74) is 7.41. The van der Waals surface area contributed by atoms with Gasteiger partial charge in [0.1, 0.15) is 11.2 Å². The van der Waals surface area contributed by atoms with Crippen molar-refractivity contribution < 1.29 is 22.9 Å². The van der Waals surface area contributed by atoms with Crippen LogP contribution in [-0.4, -0.2) is 120 Å². The number of nitro groups is 1. The van der Waals surface area contributed by atoms with Crippen LogP contribution in [0.1, 0.15) is 74.7 Å². The number of carbonyl (C=O) groups is 1. The predicted molar refractivity (Wildman–Crippen MR) is 270 cm³/mol. The molecule has 3 aromatic heterocycles. The van der Waals surface area contributed by atoms with E-state index >= 15 is 0 Å². The van der Waals surface area contributed by atoms with Crippen LogP contribution < -0.4 is 14.9 Å². The van der Waals surface area contributed by atoms with Crippen molar-refractivity contribution in [3.05, 3.63) is 117 Å². The van der Waals surface area contributed by atoms with Gasteiger partial charge in [0, 0.05) is 93.1 Å². The largest absolute Gasteiger partial charge is 0.381 e. The van der Waals surface area contributed by atoms with Crippen molar-refractivity contribution in [2.75, 3.05) is 75.8 Å². The van der Waals surface area contributed by atoms with Crippen LogP contribution in [-0.2, 0) is 14.8 Å². The molecule has 0 unspecified atom stereocenters. The number of aromatic amines is 1. The van der Waals surface area contributed by atoms with E-state index in [-0.39, 0.29) is 22.4 Å². The number of sulfonamides is 1. The van der Waals surface area contributed by atoms with Gasteiger partial charge in [-0.1, -0.05) is 43.2 Å². The van der Waals surface area contributed by atoms with E-state index in [4.69, 9.17) is 21.3 Å². The van der Waals surface area contributed by atoms with Crippen LogP contribution in [0.5, 0.6) is 0 Å². The molecule has 3 aliphatic heterocycles. The van der Waals surface area contributed by atoms with Crippen LogP contribution in [0.4, 0.5) is 17.1 Å². The highest BCUT2D eigenvalue weighted by molar-refractivity contribution is 7.90. The maximum absolute atomic E-state index is 14.3. The normalized spacial score (nSPS) is 19.1. The number of ether oxygens (including phenoxy) is 1. The standard InChI is InChI=1S/C51H59ClN10O6S/c1-51(2)17-11-37(43(30-51)35-3-5-38(52)6-4-35)33-58-21-23-60(24-22-58)40-7-9-42(46(28-40)61-47-27-36-12-18-53-49(36)56-45(47)32-55-61)50(63)57-69(66,67)41-8-10-44(48(29-41)62(64)65)54-31-34-13-19-59(20-14-34)39-15-25-68-26-16-39/h3-10,12,18,27-29,32,34,39,54-55H,11,13-17,19-26,30-31,33H2,1-2H3,(H,57,63). The fourth-order valence-electron chi connectivity index (χ4n) is 10.6. The number of nitrogens with zero attached hydrogens (tertiary/aromatic N) is 7. The molecule has 6 aromatic rings. The quantitative estimate of drug-likeness (QED) is 0.0741. The van der Waals surface area contributed by atoms with Crippen LogP contribution in [0.2, 0.25) is 5.02 Å². The summed E-state index contributed by atoms with van der Waals surface area (Å²) in [6.07, 6.45) is 10.6. The summed E-state index contributed by atoms with van der Waals surface area (Å²) in [5, 5.41) is 20.4. The van der Waals surface area contributed by atoms with E-state index in [2.05, 4.69) is 60.8 Å². The second-order valence-electron chi connectivity index (χ2n) is 19.8. The zero-order valence-corrected chi connectivity index (χ0v) is 40.7. The number of likely N-dealkylation sites (tertiary alicyclic amines) is 1. The number of nitrogens with one attached hydrogen (secondary N) is 3. The van der Waals surface area contributed by atoms with Crippen molar-refractivity contribution in [1.82, 2.24) is 34.3 Å². The third-order valence-corrected chi connectivity index (χ3v) is 16.3. The summed E-state index contributed by atoms with van der Waals surface area (Å²) < 4.78 is 37.5. The number of hydrogen-bond donors (Lipinski definition) is 3. The second-order valence-corrected chi connectivity index (χ2v) is 21.9. The molecule has 18 heteroatoms. The Balaban J connectivity index is 0.868. The highest BCUT2D eigenvalue weighted by Crippen LogP contribution is 2.43. The molecule has 0 saturated carbocycles. The first-order valence-corrected chi connectivity index (χ1v) is 25.9. The number of carbonyl (C=O) groups excluding carboxylic acids is 1. The van der Waals surface area contributed by atoms with Gasteiger partial charge in [-0.25, -0.2) is 23.1 Å². The lowest BCUT2D eigenvalue weighted by atomic mass is 9.72. The van der Waals surface area contributed by atoms with Crippen LogP contribution in [0, 0.1) is 21.4 Å². The third-order valence-electron chi connectivity index (χ3n) is 14.7. The molecule has 0 atom stereocenters. The molecule has 16 nitrogen and oxygen atoms in total. The summed E-state index contributed by atoms with van der Waals surface area (Å²) in [6, 6.07) is 21.6. The average molecular weight is 976 g/mol. The van der Waals surface area contributed by atoms with Crippen molar-refractivity contribution >= 4 is 72.2 Å². The van der Waals surface area contributed by atoms with E-state index in [9.17, 15) is 23.3 Å². The van der Waals surface area contributed by atoms with Gasteiger partial charge in [-0.05, 0) is 135 Å². The Bertz CT molecular complexity index is 3020. The highest BCUT2D eigenvalue weighted by atomic mass is 35.5. The first kappa shape index (κ1) is 46.9. The fraction of sp³-hybridized carbons (Fsp3) is 0.431. The van der Waals surface area contributed by atoms with Gasteiger partial charge in [0.15, 0.2) is 5.65 Å². The zero-order chi connectivity index (χ0) is 47.9. The van der Waals surface area contributed by atoms with E-state index in [1.54, 1.807) is 23.1 Å². The number of fused-ring (bicyclic) bond motifs is 2. The van der Waals surface area contributed by atoms with E-state index in [1.807, 2.05) is 36.4 Å². The van der Waals surface area contributed by atoms with Crippen molar-refractivity contribution in [1.29, 1.82) is 0 Å². The molecule has 10 rings (SSSR count). The van der Waals surface area contributed by atoms with Crippen LogP contribution in [0.25, 0.3) is 33.3 Å². The molecule has 69 heavy (non-hydrogen) atoms. The van der Waals surface area contributed by atoms with Crippen molar-refractivity contribution in [2.45, 2.75) is 69.7 Å². The predicted octanol–water partition coefficient (Wildman–Crippen LogP) is 8.67. The van der Waals surface area contributed by atoms with Crippen molar-refractivity contribution in [3.8, 4) is 5.69 Å². The molecule has 362 valence electrons. The van der Waals surface area contributed by atoms with Gasteiger partial charge in [-0.2, -0.15) is 0 Å². The van der Waals surface area contributed by atoms with Crippen LogP contribution in [0.3, 0.4) is 0 Å². The van der Waals surface area contributed by atoms with Crippen LogP contribution in [0.15, 0.2) is 95.7 Å². The van der Waals surface area contributed by atoms with Gasteiger partial charge < -0.3 is 19.9 Å². The molecule has 3 saturated heterocycles. The fourth-order valence-corrected chi connectivity index (χ4v) is 11.8. The number of hydrogen-bond acceptors (Lipinski definition) is 12. The number of pyridine rings is 1. The number of anilines is 2. The van der Waals surface area contributed by atoms with E-state index in [1.165, 1.54) is 28.8 Å². The minimum absolute atomic E-state index is 0.0768. The van der Waals surface area contributed by atoms with Gasteiger partial charge in [-0.15, -0.1) is 0 Å². The number of allylic oxidation sites excluding steroid dienone is 1. The summed E-state index contributed by atoms with van der Waals surface area (Å²) in [4.78, 5) is 42.1. The summed E-state index contributed by atoms with van der Waals surface area (Å²) >= 11 is 6.27. The topological polar surface area (TPSA) is 184 Å². The summed E-state index contributed by atoms with van der Waals surface area (Å²) in [6.45, 7) is 12.8. The Labute approximate surface area is 407 Å². The molecule has 3 aromatic carbocycles. The van der Waals surface area contributed by atoms with E-state index in [0.717, 1.165) is 126 Å². The van der Waals surface area contributed by atoms with E-state index in [0.29, 0.717) is 40.9 Å². The molecule has 1 aliphatic carbocycles. The molecule has 1 amide bonds. The Kier molecular flexibility index (Phi) is 13.2. The number of rotatable bonds is 13. The molecular formula is C51H59ClN10O6S. The number of piperazine rings is 1. The number of piperidine rings is 1. The highest BCUT2D eigenvalue weighted by Gasteiger charge is 2.32. The Morgan fingerprint density at radius 1 is 0.957 bits per heavy atom. The molecule has 3 fully saturated rings. The number of benzene rings is 3. The Morgan fingerprint density at radius 3 is 2.48 bits per heavy atom. The van der Waals surface area contributed by atoms with Gasteiger partial charge in [0.25, 0.3) is 21.6 Å². The Hall–Kier alpha value is -5.85. The molecule has 3 N–H and O–H groups in total. The molecule has 0 bridgehead atoms. The molecule has 4 aliphatic rings. The monoisotopic (exact) mass is 974 g/mol. The molecular weight excluding hydrogens is 916 g/mol. The summed E-state index contributed by atoms with van der Waals surface area (Å²) in [7, 11) is -4.57. The lowest BCUT2D eigenvalue weighted by Crippen LogP contribution is -2.47. The lowest BCUT2D eigenvalue weighted by molar-refractivity contribution is -0.384. The maximum atomic E-state index is 14.3. The minimum atomic E-state index is -4.57. The number of halogens is 1. The van der Waals surface area contributed by atoms with Gasteiger partial charge in [0.2, 0.25) is 0 Å². The number of amides is 1. The van der Waals surface area contributed by atoms with Crippen molar-refractivity contribution in [2.24, 2.45) is 11.3 Å². The minimum Gasteiger partial charge on any atom is -0.381 e. The second kappa shape index (κ2) is 19.5. The zero-order valence-electron chi connectivity index (χ0n) is 39.1. The van der Waals surface area contributed by atoms with Gasteiger partial charge >= 0.3 is 0 Å².